The van der Waals surface area contributed by atoms with Crippen LogP contribution in [0.3, 0.4) is 0 Å². The average Bonchev–Trinajstić information content (AvgIpc) is 3.05. The Hall–Kier alpha value is -2.34. The van der Waals surface area contributed by atoms with Crippen LogP contribution in [-0.4, -0.2) is 16.7 Å². The molecular weight excluding hydrogens is 358 g/mol. The van der Waals surface area contributed by atoms with E-state index in [2.05, 4.69) is 5.32 Å². The van der Waals surface area contributed by atoms with E-state index in [9.17, 15) is 4.79 Å². The van der Waals surface area contributed by atoms with Gasteiger partial charge in [-0.2, -0.15) is 0 Å². The van der Waals surface area contributed by atoms with Gasteiger partial charge in [-0.15, -0.1) is 11.3 Å². The molecule has 0 aliphatic heterocycles. The summed E-state index contributed by atoms with van der Waals surface area (Å²) in [6.45, 7) is 4.68. The zero-order valence-electron chi connectivity index (χ0n) is 16.0. The second-order valence-corrected chi connectivity index (χ2v) is 8.38. The summed E-state index contributed by atoms with van der Waals surface area (Å²) in [6.07, 6.45) is 4.45. The van der Waals surface area contributed by atoms with Gasteiger partial charge in [0.1, 0.15) is 10.6 Å². The fourth-order valence-electron chi connectivity index (χ4n) is 3.75. The van der Waals surface area contributed by atoms with Crippen LogP contribution < -0.4 is 15.6 Å². The number of methoxy groups -OCH3 is 1. The van der Waals surface area contributed by atoms with Crippen LogP contribution in [0.25, 0.3) is 10.2 Å². The van der Waals surface area contributed by atoms with Gasteiger partial charge in [-0.1, -0.05) is 12.1 Å². The number of benzene rings is 1. The summed E-state index contributed by atoms with van der Waals surface area (Å²) in [7, 11) is 1.66. The number of fused-ring (bicyclic) bond motifs is 3. The average molecular weight is 384 g/mol. The Labute approximate surface area is 163 Å². The molecule has 2 heterocycles. The second kappa shape index (κ2) is 7.35. The van der Waals surface area contributed by atoms with Gasteiger partial charge >= 0.3 is 0 Å². The minimum Gasteiger partial charge on any atom is -0.497 e. The summed E-state index contributed by atoms with van der Waals surface area (Å²) in [5, 5.41) is 4.23. The first-order chi connectivity index (χ1) is 13.1. The lowest BCUT2D eigenvalue weighted by Gasteiger charge is -2.17. The maximum absolute atomic E-state index is 13.3. The number of thiophene rings is 1. The third-order valence-electron chi connectivity index (χ3n) is 5.15. The molecule has 6 heteroatoms. The number of nitrogens with one attached hydrogen (secondary N) is 1. The van der Waals surface area contributed by atoms with E-state index in [1.165, 1.54) is 16.9 Å². The molecule has 3 aromatic rings. The molecule has 0 saturated carbocycles. The van der Waals surface area contributed by atoms with Gasteiger partial charge in [0.05, 0.1) is 12.5 Å². The summed E-state index contributed by atoms with van der Waals surface area (Å²) in [4.78, 5) is 20.4. The van der Waals surface area contributed by atoms with Gasteiger partial charge < -0.3 is 10.1 Å². The highest BCUT2D eigenvalue weighted by Crippen LogP contribution is 2.34. The zero-order chi connectivity index (χ0) is 19.0. The molecule has 0 amide bonds. The summed E-state index contributed by atoms with van der Waals surface area (Å²) >= 11 is 1.69. The van der Waals surface area contributed by atoms with Gasteiger partial charge in [0.15, 0.2) is 0 Å². The van der Waals surface area contributed by atoms with Gasteiger partial charge in [0.2, 0.25) is 5.95 Å². The standard InChI is InChI=1S/C21H25N3O2S/c1-13(2)24-20(25)18-16-6-4-5-7-17(16)27-19(18)23-21(24)22-12-14-8-10-15(26-3)11-9-14/h8-11,13H,4-7,12H2,1-3H3,(H,22,23). The molecule has 0 spiro atoms. The van der Waals surface area contributed by atoms with Gasteiger partial charge in [0, 0.05) is 17.5 Å². The van der Waals surface area contributed by atoms with Crippen molar-refractivity contribution in [3.63, 3.8) is 0 Å². The molecule has 2 aromatic heterocycles. The Kier molecular flexibility index (Phi) is 4.91. The van der Waals surface area contributed by atoms with E-state index < -0.39 is 0 Å². The first-order valence-electron chi connectivity index (χ1n) is 9.52. The van der Waals surface area contributed by atoms with E-state index in [1.54, 1.807) is 23.0 Å². The number of aryl methyl sites for hydroxylation is 2. The van der Waals surface area contributed by atoms with Crippen molar-refractivity contribution in [3.05, 3.63) is 50.6 Å². The highest BCUT2D eigenvalue weighted by atomic mass is 32.1. The quantitative estimate of drug-likeness (QED) is 0.703. The molecule has 1 aliphatic carbocycles. The third kappa shape index (κ3) is 3.34. The number of hydrogen-bond donors (Lipinski definition) is 1. The molecule has 1 N–H and O–H groups in total. The van der Waals surface area contributed by atoms with E-state index in [4.69, 9.17) is 9.72 Å². The fraction of sp³-hybridized carbons (Fsp3) is 0.429. The third-order valence-corrected chi connectivity index (χ3v) is 6.33. The zero-order valence-corrected chi connectivity index (χ0v) is 16.9. The van der Waals surface area contributed by atoms with Crippen LogP contribution >= 0.6 is 11.3 Å². The smallest absolute Gasteiger partial charge is 0.264 e. The summed E-state index contributed by atoms with van der Waals surface area (Å²) in [6, 6.07) is 7.97. The summed E-state index contributed by atoms with van der Waals surface area (Å²) < 4.78 is 7.01. The van der Waals surface area contributed by atoms with Crippen molar-refractivity contribution in [3.8, 4) is 5.75 Å². The van der Waals surface area contributed by atoms with Crippen molar-refractivity contribution < 1.29 is 4.74 Å². The van der Waals surface area contributed by atoms with Crippen LogP contribution in [0.2, 0.25) is 0 Å². The Morgan fingerprint density at radius 1 is 1.22 bits per heavy atom. The minimum absolute atomic E-state index is 0.0481. The molecule has 5 nitrogen and oxygen atoms in total. The molecule has 0 radical (unpaired) electrons. The van der Waals surface area contributed by atoms with Crippen LogP contribution in [0.5, 0.6) is 5.75 Å². The summed E-state index contributed by atoms with van der Waals surface area (Å²) in [5.41, 5.74) is 2.45. The lowest BCUT2D eigenvalue weighted by molar-refractivity contribution is 0.414. The van der Waals surface area contributed by atoms with Crippen molar-refractivity contribution in [1.29, 1.82) is 0 Å². The number of rotatable bonds is 5. The molecule has 1 aromatic carbocycles. The van der Waals surface area contributed by atoms with E-state index >= 15 is 0 Å². The molecule has 0 bridgehead atoms. The topological polar surface area (TPSA) is 56.1 Å². The molecule has 0 fully saturated rings. The lowest BCUT2D eigenvalue weighted by Crippen LogP contribution is -2.27. The van der Waals surface area contributed by atoms with Gasteiger partial charge in [-0.3, -0.25) is 9.36 Å². The number of hydrogen-bond acceptors (Lipinski definition) is 5. The number of anilines is 1. The van der Waals surface area contributed by atoms with Crippen molar-refractivity contribution in [2.75, 3.05) is 12.4 Å². The van der Waals surface area contributed by atoms with Crippen molar-refractivity contribution >= 4 is 27.5 Å². The van der Waals surface area contributed by atoms with Crippen LogP contribution in [0.15, 0.2) is 29.1 Å². The molecule has 0 saturated heterocycles. The molecular formula is C21H25N3O2S. The van der Waals surface area contributed by atoms with Crippen LogP contribution in [0, 0.1) is 0 Å². The normalized spacial score (nSPS) is 13.8. The second-order valence-electron chi connectivity index (χ2n) is 7.30. The first-order valence-corrected chi connectivity index (χ1v) is 10.3. The Bertz CT molecular complexity index is 1020. The van der Waals surface area contributed by atoms with E-state index in [0.717, 1.165) is 40.8 Å². The Morgan fingerprint density at radius 3 is 2.67 bits per heavy atom. The Morgan fingerprint density at radius 2 is 1.96 bits per heavy atom. The van der Waals surface area contributed by atoms with Crippen LogP contribution in [0.4, 0.5) is 5.95 Å². The van der Waals surface area contributed by atoms with Gasteiger partial charge in [-0.25, -0.2) is 4.98 Å². The minimum atomic E-state index is 0.0481. The maximum Gasteiger partial charge on any atom is 0.264 e. The van der Waals surface area contributed by atoms with Crippen LogP contribution in [0.1, 0.15) is 48.7 Å². The molecule has 142 valence electrons. The van der Waals surface area contributed by atoms with E-state index in [-0.39, 0.29) is 11.6 Å². The van der Waals surface area contributed by atoms with Crippen molar-refractivity contribution in [1.82, 2.24) is 9.55 Å². The number of aromatic nitrogens is 2. The molecule has 4 rings (SSSR count). The van der Waals surface area contributed by atoms with Crippen molar-refractivity contribution in [2.24, 2.45) is 0 Å². The fourth-order valence-corrected chi connectivity index (χ4v) is 5.00. The monoisotopic (exact) mass is 383 g/mol. The van der Waals surface area contributed by atoms with Crippen molar-refractivity contribution in [2.45, 2.75) is 52.1 Å². The number of nitrogens with zero attached hydrogens (tertiary/aromatic N) is 2. The summed E-state index contributed by atoms with van der Waals surface area (Å²) in [5.74, 6) is 1.48. The highest BCUT2D eigenvalue weighted by molar-refractivity contribution is 7.18. The maximum atomic E-state index is 13.3. The van der Waals surface area contributed by atoms with E-state index in [1.807, 2.05) is 38.1 Å². The van der Waals surface area contributed by atoms with E-state index in [0.29, 0.717) is 12.5 Å². The van der Waals surface area contributed by atoms with Gasteiger partial charge in [0.25, 0.3) is 5.56 Å². The lowest BCUT2D eigenvalue weighted by atomic mass is 9.97. The molecule has 0 unspecified atom stereocenters. The predicted molar refractivity (Wildman–Crippen MR) is 111 cm³/mol. The van der Waals surface area contributed by atoms with Gasteiger partial charge in [-0.05, 0) is 62.8 Å². The molecule has 0 atom stereocenters. The first kappa shape index (κ1) is 18.0. The Balaban J connectivity index is 1.72. The molecule has 27 heavy (non-hydrogen) atoms. The predicted octanol–water partition coefficient (Wildman–Crippen LogP) is 4.54. The largest absolute Gasteiger partial charge is 0.497 e. The number of ether oxygens (including phenoxy) is 1. The SMILES string of the molecule is COc1ccc(CNc2nc3sc4c(c3c(=O)n2C(C)C)CCCC4)cc1. The van der Waals surface area contributed by atoms with Crippen LogP contribution in [-0.2, 0) is 19.4 Å². The molecule has 1 aliphatic rings. The highest BCUT2D eigenvalue weighted by Gasteiger charge is 2.22.